The predicted octanol–water partition coefficient (Wildman–Crippen LogP) is -1.47. The van der Waals surface area contributed by atoms with E-state index in [1.54, 1.807) is 11.2 Å². The average Bonchev–Trinajstić information content (AvgIpc) is 2.94. The van der Waals surface area contributed by atoms with E-state index in [1.807, 2.05) is 13.8 Å². The molecule has 20 heavy (non-hydrogen) atoms. The molecule has 2 unspecified atom stereocenters. The first-order valence-corrected chi connectivity index (χ1v) is 6.68. The lowest BCUT2D eigenvalue weighted by molar-refractivity contribution is -0.0773. The Bertz CT molecular complexity index is 478. The van der Waals surface area contributed by atoms with Crippen LogP contribution in [-0.2, 0) is 4.74 Å². The standard InChI is InChI=1S/C12H19N5O3/c1-5(2)9-7(18)8(19)12(20-9)17-4-16-6-10(13)14-3-15-11(6)17/h3-9,11-12,18-19H,1-2H3,(H2,13,14,15)/t6?,7-,8+,9-,11?,12+/m0/s1. The molecule has 3 aliphatic rings. The second-order valence-electron chi connectivity index (χ2n) is 5.61. The van der Waals surface area contributed by atoms with Gasteiger partial charge < -0.3 is 25.6 Å². The molecule has 1 fully saturated rings. The SMILES string of the molecule is CC(C)[C@@H]1O[C@@H](N2C=NC3C(N)=NC=NC32)[C@H](O)[C@@H]1O. The predicted molar refractivity (Wildman–Crippen MR) is 73.5 cm³/mol. The lowest BCUT2D eigenvalue weighted by Gasteiger charge is -2.31. The second kappa shape index (κ2) is 4.80. The van der Waals surface area contributed by atoms with Crippen molar-refractivity contribution in [2.24, 2.45) is 26.6 Å². The lowest BCUT2D eigenvalue weighted by atomic mass is 10.0. The van der Waals surface area contributed by atoms with Crippen LogP contribution in [0.1, 0.15) is 13.8 Å². The van der Waals surface area contributed by atoms with Crippen molar-refractivity contribution in [3.63, 3.8) is 0 Å². The van der Waals surface area contributed by atoms with E-state index in [0.29, 0.717) is 5.84 Å². The fourth-order valence-electron chi connectivity index (χ4n) is 2.79. The van der Waals surface area contributed by atoms with Crippen LogP contribution in [0, 0.1) is 5.92 Å². The second-order valence-corrected chi connectivity index (χ2v) is 5.61. The van der Waals surface area contributed by atoms with Gasteiger partial charge in [-0.3, -0.25) is 4.99 Å². The Kier molecular flexibility index (Phi) is 3.23. The summed E-state index contributed by atoms with van der Waals surface area (Å²) in [5.74, 6) is 0.485. The monoisotopic (exact) mass is 281 g/mol. The first kappa shape index (κ1) is 13.5. The number of amidine groups is 1. The quantitative estimate of drug-likeness (QED) is 0.571. The maximum absolute atomic E-state index is 10.2. The third-order valence-electron chi connectivity index (χ3n) is 3.90. The van der Waals surface area contributed by atoms with E-state index in [1.165, 1.54) is 6.34 Å². The van der Waals surface area contributed by atoms with Crippen molar-refractivity contribution >= 4 is 18.5 Å². The topological polar surface area (TPSA) is 116 Å². The molecule has 0 aromatic carbocycles. The number of nitrogens with zero attached hydrogens (tertiary/aromatic N) is 4. The van der Waals surface area contributed by atoms with Crippen LogP contribution >= 0.6 is 0 Å². The minimum atomic E-state index is -1.01. The van der Waals surface area contributed by atoms with Gasteiger partial charge in [-0.05, 0) is 5.92 Å². The zero-order chi connectivity index (χ0) is 14.4. The minimum absolute atomic E-state index is 0.0986. The number of aliphatic hydroxyl groups is 2. The Morgan fingerprint density at radius 1 is 1.30 bits per heavy atom. The molecule has 4 N–H and O–H groups in total. The van der Waals surface area contributed by atoms with E-state index in [0.717, 1.165) is 0 Å². The molecule has 8 nitrogen and oxygen atoms in total. The molecule has 0 radical (unpaired) electrons. The van der Waals surface area contributed by atoms with Gasteiger partial charge in [0.15, 0.2) is 12.4 Å². The van der Waals surface area contributed by atoms with Crippen LogP contribution in [0.3, 0.4) is 0 Å². The molecule has 0 aliphatic carbocycles. The Morgan fingerprint density at radius 3 is 2.70 bits per heavy atom. The van der Waals surface area contributed by atoms with Gasteiger partial charge in [-0.1, -0.05) is 13.8 Å². The van der Waals surface area contributed by atoms with E-state index in [4.69, 9.17) is 10.5 Å². The van der Waals surface area contributed by atoms with Gasteiger partial charge in [0, 0.05) is 0 Å². The van der Waals surface area contributed by atoms with Crippen molar-refractivity contribution in [1.82, 2.24) is 4.90 Å². The summed E-state index contributed by atoms with van der Waals surface area (Å²) in [5.41, 5.74) is 5.78. The van der Waals surface area contributed by atoms with E-state index in [9.17, 15) is 10.2 Å². The number of hydrogen-bond acceptors (Lipinski definition) is 8. The number of aliphatic hydroxyl groups excluding tert-OH is 2. The molecule has 0 saturated carbocycles. The summed E-state index contributed by atoms with van der Waals surface area (Å²) in [6, 6.07) is -0.356. The van der Waals surface area contributed by atoms with Crippen LogP contribution in [0.4, 0.5) is 0 Å². The molecule has 0 spiro atoms. The number of aliphatic imine (C=N–C) groups is 3. The molecule has 0 bridgehead atoms. The van der Waals surface area contributed by atoms with Crippen LogP contribution in [0.25, 0.3) is 0 Å². The van der Waals surface area contributed by atoms with Crippen LogP contribution in [0.5, 0.6) is 0 Å². The van der Waals surface area contributed by atoms with Gasteiger partial charge in [-0.2, -0.15) is 0 Å². The molecular weight excluding hydrogens is 262 g/mol. The number of nitrogens with two attached hydrogens (primary N) is 1. The molecule has 6 atom stereocenters. The molecule has 3 heterocycles. The highest BCUT2D eigenvalue weighted by Gasteiger charge is 2.50. The Balaban J connectivity index is 1.80. The Morgan fingerprint density at radius 2 is 2.05 bits per heavy atom. The van der Waals surface area contributed by atoms with Crippen molar-refractivity contribution < 1.29 is 14.9 Å². The zero-order valence-electron chi connectivity index (χ0n) is 11.4. The highest BCUT2D eigenvalue weighted by Crippen LogP contribution is 2.32. The van der Waals surface area contributed by atoms with Gasteiger partial charge in [0.1, 0.15) is 30.4 Å². The van der Waals surface area contributed by atoms with Gasteiger partial charge in [-0.25, -0.2) is 9.98 Å². The van der Waals surface area contributed by atoms with Gasteiger partial charge in [0.25, 0.3) is 0 Å². The molecule has 8 heteroatoms. The largest absolute Gasteiger partial charge is 0.388 e. The Hall–Kier alpha value is -1.51. The molecule has 0 amide bonds. The highest BCUT2D eigenvalue weighted by molar-refractivity contribution is 5.96. The van der Waals surface area contributed by atoms with Crippen molar-refractivity contribution in [2.45, 2.75) is 50.6 Å². The maximum atomic E-state index is 10.2. The average molecular weight is 281 g/mol. The summed E-state index contributed by atoms with van der Waals surface area (Å²) in [6.45, 7) is 3.88. The molecule has 0 aromatic heterocycles. The lowest BCUT2D eigenvalue weighted by Crippen LogP contribution is -2.51. The number of ether oxygens (including phenoxy) is 1. The summed E-state index contributed by atoms with van der Waals surface area (Å²) < 4.78 is 5.80. The van der Waals surface area contributed by atoms with Crippen LogP contribution < -0.4 is 5.73 Å². The summed E-state index contributed by atoms with van der Waals surface area (Å²) >= 11 is 0. The van der Waals surface area contributed by atoms with E-state index in [-0.39, 0.29) is 18.1 Å². The summed E-state index contributed by atoms with van der Waals surface area (Å²) in [7, 11) is 0. The molecule has 3 rings (SSSR count). The Labute approximate surface area is 116 Å². The minimum Gasteiger partial charge on any atom is -0.388 e. The van der Waals surface area contributed by atoms with Crippen LogP contribution in [0.15, 0.2) is 15.0 Å². The van der Waals surface area contributed by atoms with Crippen molar-refractivity contribution in [3.8, 4) is 0 Å². The first-order chi connectivity index (χ1) is 9.50. The summed E-state index contributed by atoms with van der Waals surface area (Å²) in [6.07, 6.45) is -0.459. The number of fused-ring (bicyclic) bond motifs is 1. The van der Waals surface area contributed by atoms with Crippen molar-refractivity contribution in [2.75, 3.05) is 0 Å². The van der Waals surface area contributed by atoms with E-state index >= 15 is 0 Å². The fourth-order valence-corrected chi connectivity index (χ4v) is 2.79. The van der Waals surface area contributed by atoms with Crippen molar-refractivity contribution in [3.05, 3.63) is 0 Å². The normalized spacial score (nSPS) is 43.2. The maximum Gasteiger partial charge on any atom is 0.161 e. The molecule has 110 valence electrons. The van der Waals surface area contributed by atoms with E-state index in [2.05, 4.69) is 15.0 Å². The van der Waals surface area contributed by atoms with Gasteiger partial charge in [0.2, 0.25) is 0 Å². The summed E-state index contributed by atoms with van der Waals surface area (Å²) in [4.78, 5) is 14.1. The van der Waals surface area contributed by atoms with Gasteiger partial charge in [-0.15, -0.1) is 0 Å². The third kappa shape index (κ3) is 1.91. The summed E-state index contributed by atoms with van der Waals surface area (Å²) in [5, 5.41) is 20.3. The fraction of sp³-hybridized carbons (Fsp3) is 0.750. The van der Waals surface area contributed by atoms with Gasteiger partial charge in [0.05, 0.1) is 12.4 Å². The van der Waals surface area contributed by atoms with E-state index < -0.39 is 24.5 Å². The van der Waals surface area contributed by atoms with Crippen LogP contribution in [-0.4, -0.2) is 70.4 Å². The number of rotatable bonds is 2. The number of hydrogen-bond donors (Lipinski definition) is 3. The molecule has 1 saturated heterocycles. The zero-order valence-corrected chi connectivity index (χ0v) is 11.4. The molecular formula is C12H19N5O3. The van der Waals surface area contributed by atoms with Crippen molar-refractivity contribution in [1.29, 1.82) is 0 Å². The van der Waals surface area contributed by atoms with Crippen LogP contribution in [0.2, 0.25) is 0 Å². The first-order valence-electron chi connectivity index (χ1n) is 6.68. The molecule has 0 aromatic rings. The smallest absolute Gasteiger partial charge is 0.161 e. The third-order valence-corrected chi connectivity index (χ3v) is 3.90. The molecule has 3 aliphatic heterocycles. The highest BCUT2D eigenvalue weighted by atomic mass is 16.6. The van der Waals surface area contributed by atoms with Gasteiger partial charge >= 0.3 is 0 Å².